The standard InChI is InChI=1S/C31H40O2SSi/c1-31(2,3)35(29-20-6-4-7-21-29,30-22-8-5-9-23-30)33-24-13-12-15-26-16-14-19-28(25-26)34(32)27-17-10-11-18-27/h4-9,14,16,19-23,25,27H,10-13,15,17-18,24H2,1-3H3. The molecule has 0 amide bonds. The second kappa shape index (κ2) is 11.8. The van der Waals surface area contributed by atoms with Gasteiger partial charge in [-0.15, -0.1) is 0 Å². The first-order valence-electron chi connectivity index (χ1n) is 13.2. The molecule has 0 aromatic heterocycles. The zero-order valence-corrected chi connectivity index (χ0v) is 23.4. The van der Waals surface area contributed by atoms with Crippen LogP contribution in [0.3, 0.4) is 0 Å². The summed E-state index contributed by atoms with van der Waals surface area (Å²) in [7, 11) is -3.32. The summed E-state index contributed by atoms with van der Waals surface area (Å²) in [5.74, 6) is 0. The van der Waals surface area contributed by atoms with E-state index in [2.05, 4.69) is 99.6 Å². The van der Waals surface area contributed by atoms with E-state index < -0.39 is 19.1 Å². The van der Waals surface area contributed by atoms with Crippen molar-refractivity contribution in [1.82, 2.24) is 0 Å². The third kappa shape index (κ3) is 6.04. The van der Waals surface area contributed by atoms with E-state index in [1.165, 1.54) is 28.8 Å². The molecule has 1 fully saturated rings. The fraction of sp³-hybridized carbons (Fsp3) is 0.419. The molecule has 186 valence electrons. The second-order valence-corrected chi connectivity index (χ2v) is 16.9. The molecule has 3 aromatic rings. The molecule has 0 heterocycles. The van der Waals surface area contributed by atoms with Crippen LogP contribution in [0.5, 0.6) is 0 Å². The molecule has 0 aliphatic heterocycles. The van der Waals surface area contributed by atoms with Crippen LogP contribution in [-0.2, 0) is 21.6 Å². The average molecular weight is 505 g/mol. The summed E-state index contributed by atoms with van der Waals surface area (Å²) in [6.07, 6.45) is 7.74. The van der Waals surface area contributed by atoms with Gasteiger partial charge in [0.05, 0.1) is 10.8 Å². The molecule has 2 nitrogen and oxygen atoms in total. The first-order valence-corrected chi connectivity index (χ1v) is 16.3. The first kappa shape index (κ1) is 26.1. The van der Waals surface area contributed by atoms with Gasteiger partial charge in [0, 0.05) is 16.8 Å². The topological polar surface area (TPSA) is 26.3 Å². The van der Waals surface area contributed by atoms with Crippen LogP contribution in [0.4, 0.5) is 0 Å². The molecule has 1 saturated carbocycles. The lowest BCUT2D eigenvalue weighted by Gasteiger charge is -2.43. The SMILES string of the molecule is CC(C)(C)[Si](OCCCCc1cccc(S(=O)C2CCCC2)c1)(c1ccccc1)c1ccccc1. The van der Waals surface area contributed by atoms with Gasteiger partial charge >= 0.3 is 0 Å². The van der Waals surface area contributed by atoms with E-state index in [9.17, 15) is 4.21 Å². The van der Waals surface area contributed by atoms with E-state index in [1.807, 2.05) is 6.07 Å². The highest BCUT2D eigenvalue weighted by Gasteiger charge is 2.49. The van der Waals surface area contributed by atoms with Crippen LogP contribution in [0.1, 0.15) is 64.9 Å². The first-order chi connectivity index (χ1) is 16.9. The molecule has 0 radical (unpaired) electrons. The van der Waals surface area contributed by atoms with Crippen LogP contribution in [0.15, 0.2) is 89.8 Å². The van der Waals surface area contributed by atoms with Gasteiger partial charge in [0.15, 0.2) is 0 Å². The molecular formula is C31H40O2SSi. The van der Waals surface area contributed by atoms with Gasteiger partial charge in [-0.05, 0) is 65.2 Å². The third-order valence-electron chi connectivity index (χ3n) is 7.33. The van der Waals surface area contributed by atoms with Gasteiger partial charge in [0.25, 0.3) is 8.32 Å². The van der Waals surface area contributed by atoms with Crippen LogP contribution in [0.25, 0.3) is 0 Å². The lowest BCUT2D eigenvalue weighted by Crippen LogP contribution is -2.66. The minimum absolute atomic E-state index is 0.00827. The number of benzene rings is 3. The highest BCUT2D eigenvalue weighted by molar-refractivity contribution is 7.85. The maximum Gasteiger partial charge on any atom is 0.261 e. The Labute approximate surface area is 215 Å². The van der Waals surface area contributed by atoms with E-state index in [0.717, 1.165) is 43.6 Å². The van der Waals surface area contributed by atoms with E-state index in [-0.39, 0.29) is 5.04 Å². The molecule has 35 heavy (non-hydrogen) atoms. The highest BCUT2D eigenvalue weighted by atomic mass is 32.2. The lowest BCUT2D eigenvalue weighted by molar-refractivity contribution is 0.288. The molecule has 0 saturated heterocycles. The van der Waals surface area contributed by atoms with Gasteiger partial charge in [-0.1, -0.05) is 106 Å². The average Bonchev–Trinajstić information content (AvgIpc) is 3.41. The van der Waals surface area contributed by atoms with Crippen molar-refractivity contribution >= 4 is 29.5 Å². The third-order valence-corrected chi connectivity index (χ3v) is 14.2. The molecule has 0 spiro atoms. The summed E-state index contributed by atoms with van der Waals surface area (Å²) in [5, 5.41) is 3.03. The van der Waals surface area contributed by atoms with E-state index in [0.29, 0.717) is 5.25 Å². The molecule has 1 aliphatic carbocycles. The minimum atomic E-state index is -2.46. The molecule has 1 unspecified atom stereocenters. The van der Waals surface area contributed by atoms with Gasteiger partial charge in [0.2, 0.25) is 0 Å². The van der Waals surface area contributed by atoms with Gasteiger partial charge in [-0.3, -0.25) is 4.21 Å². The van der Waals surface area contributed by atoms with Gasteiger partial charge in [0.1, 0.15) is 0 Å². The zero-order chi connectivity index (χ0) is 24.7. The van der Waals surface area contributed by atoms with Crippen molar-refractivity contribution in [2.24, 2.45) is 0 Å². The Balaban J connectivity index is 1.43. The Morgan fingerprint density at radius 3 is 2.00 bits per heavy atom. The van der Waals surface area contributed by atoms with Crippen LogP contribution in [0, 0.1) is 0 Å². The van der Waals surface area contributed by atoms with E-state index in [1.54, 1.807) is 0 Å². The Bertz CT molecular complexity index is 1050. The van der Waals surface area contributed by atoms with Gasteiger partial charge in [-0.25, -0.2) is 0 Å². The number of aryl methyl sites for hydroxylation is 1. The fourth-order valence-electron chi connectivity index (χ4n) is 5.54. The summed E-state index contributed by atoms with van der Waals surface area (Å²) < 4.78 is 20.0. The normalized spacial score (nSPS) is 15.9. The van der Waals surface area contributed by atoms with Crippen LogP contribution < -0.4 is 10.4 Å². The smallest absolute Gasteiger partial charge is 0.261 e. The molecule has 0 N–H and O–H groups in total. The molecule has 4 heteroatoms. The van der Waals surface area contributed by atoms with Crippen molar-refractivity contribution in [3.63, 3.8) is 0 Å². The largest absolute Gasteiger partial charge is 0.407 e. The zero-order valence-electron chi connectivity index (χ0n) is 21.5. The van der Waals surface area contributed by atoms with Gasteiger partial charge < -0.3 is 4.43 Å². The van der Waals surface area contributed by atoms with Crippen molar-refractivity contribution in [1.29, 1.82) is 0 Å². The Morgan fingerprint density at radius 2 is 1.43 bits per heavy atom. The van der Waals surface area contributed by atoms with E-state index >= 15 is 0 Å². The van der Waals surface area contributed by atoms with Crippen molar-refractivity contribution in [2.75, 3.05) is 6.61 Å². The summed E-state index contributed by atoms with van der Waals surface area (Å²) in [6, 6.07) is 30.2. The Morgan fingerprint density at radius 1 is 0.829 bits per heavy atom. The molecule has 1 atom stereocenters. The molecule has 4 rings (SSSR count). The second-order valence-electron chi connectivity index (χ2n) is 10.8. The van der Waals surface area contributed by atoms with Crippen molar-refractivity contribution < 1.29 is 8.63 Å². The van der Waals surface area contributed by atoms with Crippen LogP contribution in [0.2, 0.25) is 5.04 Å². The van der Waals surface area contributed by atoms with Crippen molar-refractivity contribution in [3.8, 4) is 0 Å². The maximum atomic E-state index is 12.9. The Kier molecular flexibility index (Phi) is 8.80. The summed E-state index contributed by atoms with van der Waals surface area (Å²) in [5.41, 5.74) is 1.29. The van der Waals surface area contributed by atoms with Crippen LogP contribution in [-0.4, -0.2) is 24.4 Å². The summed E-state index contributed by atoms with van der Waals surface area (Å²) in [6.45, 7) is 7.74. The molecule has 1 aliphatic rings. The summed E-state index contributed by atoms with van der Waals surface area (Å²) >= 11 is 0. The predicted octanol–water partition coefficient (Wildman–Crippen LogP) is 6.64. The molecule has 0 bridgehead atoms. The van der Waals surface area contributed by atoms with E-state index in [4.69, 9.17) is 4.43 Å². The number of unbranched alkanes of at least 4 members (excludes halogenated alkanes) is 1. The fourth-order valence-corrected chi connectivity index (χ4v) is 11.8. The maximum absolute atomic E-state index is 12.9. The van der Waals surface area contributed by atoms with Crippen molar-refractivity contribution in [2.45, 2.75) is 80.9 Å². The number of hydrogen-bond acceptors (Lipinski definition) is 2. The molecule has 3 aromatic carbocycles. The quantitative estimate of drug-likeness (QED) is 0.229. The lowest BCUT2D eigenvalue weighted by atomic mass is 10.1. The van der Waals surface area contributed by atoms with Crippen molar-refractivity contribution in [3.05, 3.63) is 90.5 Å². The monoisotopic (exact) mass is 504 g/mol. The minimum Gasteiger partial charge on any atom is -0.407 e. The number of hydrogen-bond donors (Lipinski definition) is 0. The summed E-state index contributed by atoms with van der Waals surface area (Å²) in [4.78, 5) is 1.01. The van der Waals surface area contributed by atoms with Gasteiger partial charge in [-0.2, -0.15) is 0 Å². The molecular weight excluding hydrogens is 464 g/mol. The van der Waals surface area contributed by atoms with Crippen LogP contribution >= 0.6 is 0 Å². The highest BCUT2D eigenvalue weighted by Crippen LogP contribution is 2.37. The predicted molar refractivity (Wildman–Crippen MR) is 152 cm³/mol. The number of rotatable bonds is 10. The Hall–Kier alpha value is -2.01.